The Balaban J connectivity index is 3.03. The number of hydrogen-bond acceptors (Lipinski definition) is 5. The molecular formula is C12H13FN2O6. The van der Waals surface area contributed by atoms with Crippen LogP contribution >= 0.6 is 0 Å². The van der Waals surface area contributed by atoms with Crippen molar-refractivity contribution in [3.63, 3.8) is 0 Å². The molecule has 21 heavy (non-hydrogen) atoms. The van der Waals surface area contributed by atoms with Crippen molar-refractivity contribution in [3.05, 3.63) is 33.9 Å². The highest BCUT2D eigenvalue weighted by atomic mass is 19.1. The number of ether oxygens (including phenoxy) is 1. The molecule has 1 aromatic carbocycles. The lowest BCUT2D eigenvalue weighted by molar-refractivity contribution is -0.385. The normalized spacial score (nSPS) is 11.5. The van der Waals surface area contributed by atoms with E-state index in [0.29, 0.717) is 0 Å². The van der Waals surface area contributed by atoms with E-state index in [-0.39, 0.29) is 17.9 Å². The summed E-state index contributed by atoms with van der Waals surface area (Å²) in [7, 11) is 0. The summed E-state index contributed by atoms with van der Waals surface area (Å²) in [5.74, 6) is -2.48. The Kier molecular flexibility index (Phi) is 5.58. The van der Waals surface area contributed by atoms with Crippen LogP contribution in [0.3, 0.4) is 0 Å². The van der Waals surface area contributed by atoms with Crippen LogP contribution in [0.1, 0.15) is 17.3 Å². The number of nitro benzene ring substituents is 1. The first-order valence-electron chi connectivity index (χ1n) is 5.91. The Labute approximate surface area is 118 Å². The number of nitrogens with one attached hydrogen (secondary N) is 1. The molecule has 0 saturated carbocycles. The molecule has 0 aromatic heterocycles. The fourth-order valence-corrected chi connectivity index (χ4v) is 1.49. The van der Waals surface area contributed by atoms with Crippen LogP contribution in [-0.2, 0) is 4.79 Å². The SMILES string of the molecule is CCOc1ccc(C(=O)NC(CF)C(=O)O)cc1[N+](=O)[O-]. The van der Waals surface area contributed by atoms with Gasteiger partial charge in [-0.3, -0.25) is 14.9 Å². The zero-order chi connectivity index (χ0) is 16.0. The summed E-state index contributed by atoms with van der Waals surface area (Å²) in [5, 5.41) is 21.5. The number of nitrogens with zero attached hydrogens (tertiary/aromatic N) is 1. The summed E-state index contributed by atoms with van der Waals surface area (Å²) >= 11 is 0. The lowest BCUT2D eigenvalue weighted by Crippen LogP contribution is -2.42. The van der Waals surface area contributed by atoms with Crippen molar-refractivity contribution in [2.75, 3.05) is 13.3 Å². The number of nitro groups is 1. The van der Waals surface area contributed by atoms with Crippen LogP contribution in [0.2, 0.25) is 0 Å². The quantitative estimate of drug-likeness (QED) is 0.576. The molecule has 0 fully saturated rings. The van der Waals surface area contributed by atoms with Crippen LogP contribution in [0, 0.1) is 10.1 Å². The average molecular weight is 300 g/mol. The molecule has 0 aliphatic carbocycles. The number of alkyl halides is 1. The van der Waals surface area contributed by atoms with E-state index in [0.717, 1.165) is 6.07 Å². The molecule has 1 unspecified atom stereocenters. The fourth-order valence-electron chi connectivity index (χ4n) is 1.49. The van der Waals surface area contributed by atoms with Gasteiger partial charge in [0, 0.05) is 11.6 Å². The van der Waals surface area contributed by atoms with Crippen LogP contribution in [0.25, 0.3) is 0 Å². The van der Waals surface area contributed by atoms with Gasteiger partial charge in [0.2, 0.25) is 0 Å². The smallest absolute Gasteiger partial charge is 0.328 e. The van der Waals surface area contributed by atoms with Crippen molar-refractivity contribution in [1.29, 1.82) is 0 Å². The first-order chi connectivity index (χ1) is 9.90. The van der Waals surface area contributed by atoms with Gasteiger partial charge in [-0.25, -0.2) is 9.18 Å². The lowest BCUT2D eigenvalue weighted by Gasteiger charge is -2.11. The standard InChI is InChI=1S/C12H13FN2O6/c1-2-21-10-4-3-7(5-9(10)15(19)20)11(16)14-8(6-13)12(17)18/h3-5,8H,2,6H2,1H3,(H,14,16)(H,17,18). The van der Waals surface area contributed by atoms with Crippen molar-refractivity contribution >= 4 is 17.6 Å². The largest absolute Gasteiger partial charge is 0.487 e. The number of aliphatic carboxylic acids is 1. The van der Waals surface area contributed by atoms with Crippen LogP contribution in [0.15, 0.2) is 18.2 Å². The average Bonchev–Trinajstić information content (AvgIpc) is 2.44. The zero-order valence-corrected chi connectivity index (χ0v) is 11.0. The minimum Gasteiger partial charge on any atom is -0.487 e. The van der Waals surface area contributed by atoms with Gasteiger partial charge >= 0.3 is 11.7 Å². The van der Waals surface area contributed by atoms with E-state index in [2.05, 4.69) is 0 Å². The molecule has 8 nitrogen and oxygen atoms in total. The van der Waals surface area contributed by atoms with Gasteiger partial charge in [-0.2, -0.15) is 0 Å². The second kappa shape index (κ2) is 7.17. The van der Waals surface area contributed by atoms with Gasteiger partial charge in [-0.1, -0.05) is 0 Å². The molecule has 0 radical (unpaired) electrons. The molecule has 0 aliphatic heterocycles. The van der Waals surface area contributed by atoms with Crippen molar-refractivity contribution in [2.24, 2.45) is 0 Å². The first-order valence-corrected chi connectivity index (χ1v) is 5.91. The van der Waals surface area contributed by atoms with Gasteiger partial charge in [0.1, 0.15) is 6.67 Å². The lowest BCUT2D eigenvalue weighted by atomic mass is 10.1. The van der Waals surface area contributed by atoms with Gasteiger partial charge in [-0.05, 0) is 19.1 Å². The number of carboxylic acid groups (broad SMARTS) is 1. The van der Waals surface area contributed by atoms with Crippen LogP contribution < -0.4 is 10.1 Å². The molecule has 0 spiro atoms. The second-order valence-corrected chi connectivity index (χ2v) is 3.89. The summed E-state index contributed by atoms with van der Waals surface area (Å²) in [6, 6.07) is 1.69. The number of halogens is 1. The molecule has 0 aliphatic rings. The predicted octanol–water partition coefficient (Wildman–Crippen LogP) is 1.15. The van der Waals surface area contributed by atoms with Crippen molar-refractivity contribution in [1.82, 2.24) is 5.32 Å². The number of carbonyl (C=O) groups is 2. The molecule has 2 N–H and O–H groups in total. The molecule has 0 bridgehead atoms. The van der Waals surface area contributed by atoms with Crippen molar-refractivity contribution in [3.8, 4) is 5.75 Å². The number of carbonyl (C=O) groups excluding carboxylic acids is 1. The minimum atomic E-state index is -1.71. The van der Waals surface area contributed by atoms with Crippen molar-refractivity contribution < 1.29 is 28.7 Å². The fraction of sp³-hybridized carbons (Fsp3) is 0.333. The van der Waals surface area contributed by atoms with E-state index < -0.39 is 35.2 Å². The van der Waals surface area contributed by atoms with Crippen molar-refractivity contribution in [2.45, 2.75) is 13.0 Å². The Morgan fingerprint density at radius 2 is 2.19 bits per heavy atom. The summed E-state index contributed by atoms with van der Waals surface area (Å²) in [4.78, 5) is 32.6. The minimum absolute atomic E-state index is 0.0145. The summed E-state index contributed by atoms with van der Waals surface area (Å²) in [6.07, 6.45) is 0. The molecule has 1 atom stereocenters. The van der Waals surface area contributed by atoms with Gasteiger partial charge in [0.05, 0.1) is 11.5 Å². The van der Waals surface area contributed by atoms with Crippen LogP contribution in [0.4, 0.5) is 10.1 Å². The van der Waals surface area contributed by atoms with E-state index in [9.17, 15) is 24.1 Å². The number of carboxylic acids is 1. The molecule has 1 rings (SSSR count). The number of amides is 1. The van der Waals surface area contributed by atoms with E-state index in [1.54, 1.807) is 6.92 Å². The predicted molar refractivity (Wildman–Crippen MR) is 69.1 cm³/mol. The highest BCUT2D eigenvalue weighted by Gasteiger charge is 2.23. The third-order valence-corrected chi connectivity index (χ3v) is 2.48. The van der Waals surface area contributed by atoms with E-state index in [1.807, 2.05) is 5.32 Å². The maximum atomic E-state index is 12.4. The summed E-state index contributed by atoms with van der Waals surface area (Å²) in [5.41, 5.74) is -0.596. The molecule has 0 saturated heterocycles. The summed E-state index contributed by atoms with van der Waals surface area (Å²) in [6.45, 7) is 0.554. The number of benzene rings is 1. The molecule has 1 amide bonds. The molecule has 1 aromatic rings. The topological polar surface area (TPSA) is 119 Å². The van der Waals surface area contributed by atoms with Gasteiger partial charge < -0.3 is 15.2 Å². The Hall–Kier alpha value is -2.71. The highest BCUT2D eigenvalue weighted by Crippen LogP contribution is 2.27. The van der Waals surface area contributed by atoms with Crippen LogP contribution in [-0.4, -0.2) is 41.2 Å². The Bertz CT molecular complexity index is 563. The Morgan fingerprint density at radius 3 is 2.67 bits per heavy atom. The van der Waals surface area contributed by atoms with Gasteiger partial charge in [-0.15, -0.1) is 0 Å². The highest BCUT2D eigenvalue weighted by molar-refractivity contribution is 5.97. The second-order valence-electron chi connectivity index (χ2n) is 3.89. The molecular weight excluding hydrogens is 287 g/mol. The maximum Gasteiger partial charge on any atom is 0.328 e. The number of rotatable bonds is 7. The third kappa shape index (κ3) is 4.13. The van der Waals surface area contributed by atoms with Gasteiger partial charge in [0.15, 0.2) is 11.8 Å². The van der Waals surface area contributed by atoms with Crippen LogP contribution in [0.5, 0.6) is 5.75 Å². The maximum absolute atomic E-state index is 12.4. The van der Waals surface area contributed by atoms with Gasteiger partial charge in [0.25, 0.3) is 5.91 Å². The third-order valence-electron chi connectivity index (χ3n) is 2.48. The van der Waals surface area contributed by atoms with E-state index in [4.69, 9.17) is 9.84 Å². The monoisotopic (exact) mass is 300 g/mol. The molecule has 9 heteroatoms. The van der Waals surface area contributed by atoms with E-state index >= 15 is 0 Å². The molecule has 114 valence electrons. The van der Waals surface area contributed by atoms with E-state index in [1.165, 1.54) is 12.1 Å². The zero-order valence-electron chi connectivity index (χ0n) is 11.0. The molecule has 0 heterocycles. The number of hydrogen-bond donors (Lipinski definition) is 2. The first kappa shape index (κ1) is 16.3. The summed E-state index contributed by atoms with van der Waals surface area (Å²) < 4.78 is 17.5. The Morgan fingerprint density at radius 1 is 1.52 bits per heavy atom.